The second kappa shape index (κ2) is 6.87. The summed E-state index contributed by atoms with van der Waals surface area (Å²) >= 11 is 0. The molecule has 0 fully saturated rings. The molecule has 24 heavy (non-hydrogen) atoms. The first kappa shape index (κ1) is 16.2. The van der Waals surface area contributed by atoms with Gasteiger partial charge in [0.15, 0.2) is 0 Å². The minimum Gasteiger partial charge on any atom is -0.349 e. The van der Waals surface area contributed by atoms with Crippen molar-refractivity contribution in [1.82, 2.24) is 5.32 Å². The second-order valence-electron chi connectivity index (χ2n) is 6.22. The third-order valence-electron chi connectivity index (χ3n) is 4.56. The summed E-state index contributed by atoms with van der Waals surface area (Å²) in [6.07, 6.45) is 1.18. The molecular formula is C20H22N2O2. The van der Waals surface area contributed by atoms with Crippen LogP contribution in [0.15, 0.2) is 48.5 Å². The van der Waals surface area contributed by atoms with E-state index in [2.05, 4.69) is 29.7 Å². The van der Waals surface area contributed by atoms with Gasteiger partial charge in [-0.25, -0.2) is 0 Å². The molecule has 4 nitrogen and oxygen atoms in total. The molecule has 3 rings (SSSR count). The molecule has 2 amide bonds. The third kappa shape index (κ3) is 3.32. The minimum absolute atomic E-state index is 0.0967. The fraction of sp³-hybridized carbons (Fsp3) is 0.300. The van der Waals surface area contributed by atoms with Gasteiger partial charge in [-0.05, 0) is 36.1 Å². The molecule has 0 bridgehead atoms. The number of hydrogen-bond donors (Lipinski definition) is 2. The van der Waals surface area contributed by atoms with Gasteiger partial charge < -0.3 is 10.6 Å². The molecule has 1 aliphatic heterocycles. The van der Waals surface area contributed by atoms with Gasteiger partial charge in [-0.3, -0.25) is 9.59 Å². The summed E-state index contributed by atoms with van der Waals surface area (Å²) in [7, 11) is 0. The number of hydrogen-bond acceptors (Lipinski definition) is 2. The van der Waals surface area contributed by atoms with Crippen molar-refractivity contribution in [2.75, 3.05) is 5.32 Å². The third-order valence-corrected chi connectivity index (χ3v) is 4.56. The zero-order chi connectivity index (χ0) is 17.1. The summed E-state index contributed by atoms with van der Waals surface area (Å²) in [5.41, 5.74) is 3.95. The summed E-state index contributed by atoms with van der Waals surface area (Å²) < 4.78 is 0. The maximum atomic E-state index is 12.7. The van der Waals surface area contributed by atoms with Crippen molar-refractivity contribution in [1.29, 1.82) is 0 Å². The fourth-order valence-electron chi connectivity index (χ4n) is 3.08. The predicted octanol–water partition coefficient (Wildman–Crippen LogP) is 3.55. The van der Waals surface area contributed by atoms with Crippen LogP contribution in [0.4, 0.5) is 5.69 Å². The van der Waals surface area contributed by atoms with E-state index < -0.39 is 5.92 Å². The zero-order valence-electron chi connectivity index (χ0n) is 14.0. The Kier molecular flexibility index (Phi) is 4.65. The van der Waals surface area contributed by atoms with E-state index in [0.717, 1.165) is 23.2 Å². The molecule has 1 heterocycles. The molecule has 2 unspecified atom stereocenters. The number of rotatable bonds is 4. The lowest BCUT2D eigenvalue weighted by Gasteiger charge is -2.26. The topological polar surface area (TPSA) is 58.2 Å². The summed E-state index contributed by atoms with van der Waals surface area (Å²) in [5, 5.41) is 5.87. The number of anilines is 1. The van der Waals surface area contributed by atoms with Gasteiger partial charge in [0.05, 0.1) is 12.0 Å². The molecule has 2 aromatic rings. The molecule has 0 radical (unpaired) electrons. The lowest BCUT2D eigenvalue weighted by atomic mass is 9.89. The minimum atomic E-state index is -0.438. The zero-order valence-corrected chi connectivity index (χ0v) is 14.0. The SMILES string of the molecule is CCc1ccc(C(C)NC(=O)C2CC(=O)Nc3ccccc32)cc1. The monoisotopic (exact) mass is 322 g/mol. The van der Waals surface area contributed by atoms with Gasteiger partial charge in [0.1, 0.15) is 0 Å². The maximum Gasteiger partial charge on any atom is 0.228 e. The molecule has 2 N–H and O–H groups in total. The van der Waals surface area contributed by atoms with Crippen molar-refractivity contribution in [3.8, 4) is 0 Å². The predicted molar refractivity (Wildman–Crippen MR) is 94.8 cm³/mol. The first-order valence-electron chi connectivity index (χ1n) is 8.36. The Bertz CT molecular complexity index is 752. The number of nitrogens with one attached hydrogen (secondary N) is 2. The molecule has 4 heteroatoms. The van der Waals surface area contributed by atoms with Crippen LogP contribution in [0, 0.1) is 0 Å². The molecule has 1 aliphatic rings. The lowest BCUT2D eigenvalue weighted by Crippen LogP contribution is -2.36. The van der Waals surface area contributed by atoms with E-state index in [4.69, 9.17) is 0 Å². The molecule has 0 spiro atoms. The van der Waals surface area contributed by atoms with Gasteiger partial charge in [0.25, 0.3) is 0 Å². The molecule has 0 saturated heterocycles. The molecule has 2 aromatic carbocycles. The van der Waals surface area contributed by atoms with Crippen LogP contribution >= 0.6 is 0 Å². The van der Waals surface area contributed by atoms with Crippen molar-refractivity contribution >= 4 is 17.5 Å². The van der Waals surface area contributed by atoms with Crippen LogP contribution in [-0.2, 0) is 16.0 Å². The summed E-state index contributed by atoms with van der Waals surface area (Å²) in [5.74, 6) is -0.662. The van der Waals surface area contributed by atoms with Gasteiger partial charge in [0.2, 0.25) is 11.8 Å². The van der Waals surface area contributed by atoms with Crippen molar-refractivity contribution in [2.24, 2.45) is 0 Å². The Balaban J connectivity index is 1.75. The van der Waals surface area contributed by atoms with E-state index in [1.54, 1.807) is 0 Å². The molecule has 124 valence electrons. The second-order valence-corrected chi connectivity index (χ2v) is 6.22. The summed E-state index contributed by atoms with van der Waals surface area (Å²) in [6, 6.07) is 15.7. The molecular weight excluding hydrogens is 300 g/mol. The average molecular weight is 322 g/mol. The summed E-state index contributed by atoms with van der Waals surface area (Å²) in [4.78, 5) is 24.6. The highest BCUT2D eigenvalue weighted by Gasteiger charge is 2.31. The Labute approximate surface area is 142 Å². The van der Waals surface area contributed by atoms with Gasteiger partial charge >= 0.3 is 0 Å². The smallest absolute Gasteiger partial charge is 0.228 e. The van der Waals surface area contributed by atoms with Gasteiger partial charge in [-0.2, -0.15) is 0 Å². The van der Waals surface area contributed by atoms with E-state index in [1.165, 1.54) is 5.56 Å². The van der Waals surface area contributed by atoms with Crippen molar-refractivity contribution in [2.45, 2.75) is 38.6 Å². The van der Waals surface area contributed by atoms with Gasteiger partial charge in [-0.15, -0.1) is 0 Å². The Morgan fingerprint density at radius 1 is 1.21 bits per heavy atom. The van der Waals surface area contributed by atoms with E-state index >= 15 is 0 Å². The van der Waals surface area contributed by atoms with E-state index in [1.807, 2.05) is 43.3 Å². The van der Waals surface area contributed by atoms with Crippen LogP contribution in [0.2, 0.25) is 0 Å². The molecule has 2 atom stereocenters. The highest BCUT2D eigenvalue weighted by Crippen LogP contribution is 2.32. The van der Waals surface area contributed by atoms with Crippen LogP contribution in [0.5, 0.6) is 0 Å². The van der Waals surface area contributed by atoms with Gasteiger partial charge in [-0.1, -0.05) is 49.4 Å². The fourth-order valence-corrected chi connectivity index (χ4v) is 3.08. The molecule has 0 aromatic heterocycles. The lowest BCUT2D eigenvalue weighted by molar-refractivity contribution is -0.126. The number of carbonyl (C=O) groups is 2. The maximum absolute atomic E-state index is 12.7. The number of benzene rings is 2. The quantitative estimate of drug-likeness (QED) is 0.904. The van der Waals surface area contributed by atoms with Crippen LogP contribution in [0.25, 0.3) is 0 Å². The normalized spacial score (nSPS) is 17.6. The Hall–Kier alpha value is -2.62. The van der Waals surface area contributed by atoms with E-state index in [-0.39, 0.29) is 24.3 Å². The summed E-state index contributed by atoms with van der Waals surface area (Å²) in [6.45, 7) is 4.08. The highest BCUT2D eigenvalue weighted by atomic mass is 16.2. The highest BCUT2D eigenvalue weighted by molar-refractivity contribution is 6.01. The molecule has 0 saturated carbocycles. The Morgan fingerprint density at radius 3 is 2.62 bits per heavy atom. The van der Waals surface area contributed by atoms with Crippen molar-refractivity contribution < 1.29 is 9.59 Å². The van der Waals surface area contributed by atoms with E-state index in [9.17, 15) is 9.59 Å². The van der Waals surface area contributed by atoms with Crippen LogP contribution in [0.1, 0.15) is 48.9 Å². The number of aryl methyl sites for hydroxylation is 1. The number of fused-ring (bicyclic) bond motifs is 1. The number of carbonyl (C=O) groups excluding carboxylic acids is 2. The first-order valence-corrected chi connectivity index (χ1v) is 8.36. The Morgan fingerprint density at radius 2 is 1.92 bits per heavy atom. The molecule has 0 aliphatic carbocycles. The van der Waals surface area contributed by atoms with Crippen LogP contribution in [-0.4, -0.2) is 11.8 Å². The van der Waals surface area contributed by atoms with Crippen LogP contribution in [0.3, 0.4) is 0 Å². The largest absolute Gasteiger partial charge is 0.349 e. The number of amides is 2. The van der Waals surface area contributed by atoms with Crippen molar-refractivity contribution in [3.63, 3.8) is 0 Å². The number of para-hydroxylation sites is 1. The van der Waals surface area contributed by atoms with Gasteiger partial charge in [0, 0.05) is 12.1 Å². The average Bonchev–Trinajstić information content (AvgIpc) is 2.60. The van der Waals surface area contributed by atoms with Crippen molar-refractivity contribution in [3.05, 3.63) is 65.2 Å². The van der Waals surface area contributed by atoms with Crippen LogP contribution < -0.4 is 10.6 Å². The standard InChI is InChI=1S/C20H22N2O2/c1-3-14-8-10-15(11-9-14)13(2)21-20(24)17-12-19(23)22-18-7-5-4-6-16(17)18/h4-11,13,17H,3,12H2,1-2H3,(H,21,24)(H,22,23). The first-order chi connectivity index (χ1) is 11.6. The van der Waals surface area contributed by atoms with E-state index in [0.29, 0.717) is 0 Å².